The third-order valence-corrected chi connectivity index (χ3v) is 5.64. The molecule has 0 saturated heterocycles. The molecule has 0 bridgehead atoms. The third-order valence-electron chi connectivity index (χ3n) is 4.35. The molecule has 156 valence electrons. The van der Waals surface area contributed by atoms with E-state index < -0.39 is 6.04 Å². The third kappa shape index (κ3) is 6.51. The van der Waals surface area contributed by atoms with Gasteiger partial charge in [-0.2, -0.15) is 0 Å². The molecule has 0 aliphatic rings. The number of nitrogens with zero attached hydrogens (tertiary/aromatic N) is 1. The van der Waals surface area contributed by atoms with Crippen LogP contribution in [0.4, 0.5) is 0 Å². The minimum atomic E-state index is -0.733. The molecule has 0 heterocycles. The SMILES string of the molecule is CC(C)NC(=O)[C@@H](C)N(Cc1c(Cl)cccc1Cl)C(=O)Cc1ccc(Cl)cc1Cl. The molecule has 2 amide bonds. The fourth-order valence-electron chi connectivity index (χ4n) is 2.77. The number of hydrogen-bond donors (Lipinski definition) is 1. The van der Waals surface area contributed by atoms with Crippen molar-refractivity contribution in [2.24, 2.45) is 0 Å². The maximum atomic E-state index is 13.2. The molecule has 1 atom stereocenters. The second kappa shape index (κ2) is 10.5. The van der Waals surface area contributed by atoms with Crippen molar-refractivity contribution >= 4 is 58.2 Å². The lowest BCUT2D eigenvalue weighted by atomic mass is 10.1. The van der Waals surface area contributed by atoms with Crippen LogP contribution in [-0.4, -0.2) is 28.8 Å². The summed E-state index contributed by atoms with van der Waals surface area (Å²) >= 11 is 24.7. The van der Waals surface area contributed by atoms with Gasteiger partial charge in [-0.15, -0.1) is 0 Å². The van der Waals surface area contributed by atoms with Crippen molar-refractivity contribution in [3.63, 3.8) is 0 Å². The van der Waals surface area contributed by atoms with Crippen molar-refractivity contribution in [2.75, 3.05) is 0 Å². The highest BCUT2D eigenvalue weighted by Gasteiger charge is 2.28. The van der Waals surface area contributed by atoms with Gasteiger partial charge in [0.05, 0.1) is 6.42 Å². The van der Waals surface area contributed by atoms with Gasteiger partial charge in [-0.3, -0.25) is 9.59 Å². The Morgan fingerprint density at radius 2 is 1.59 bits per heavy atom. The number of amides is 2. The summed E-state index contributed by atoms with van der Waals surface area (Å²) < 4.78 is 0. The first kappa shape index (κ1) is 23.8. The monoisotopic (exact) mass is 474 g/mol. The Kier molecular flexibility index (Phi) is 8.65. The molecule has 0 spiro atoms. The zero-order valence-corrected chi connectivity index (χ0v) is 19.3. The van der Waals surface area contributed by atoms with Gasteiger partial charge in [-0.25, -0.2) is 0 Å². The van der Waals surface area contributed by atoms with E-state index in [0.717, 1.165) is 0 Å². The highest BCUT2D eigenvalue weighted by molar-refractivity contribution is 6.36. The Hall–Kier alpha value is -1.46. The number of benzene rings is 2. The average molecular weight is 476 g/mol. The van der Waals surface area contributed by atoms with Gasteiger partial charge in [-0.1, -0.05) is 58.5 Å². The van der Waals surface area contributed by atoms with Crippen molar-refractivity contribution in [1.82, 2.24) is 10.2 Å². The molecule has 4 nitrogen and oxygen atoms in total. The van der Waals surface area contributed by atoms with Crippen molar-refractivity contribution in [1.29, 1.82) is 0 Å². The van der Waals surface area contributed by atoms with Gasteiger partial charge in [-0.05, 0) is 50.6 Å². The molecule has 8 heteroatoms. The summed E-state index contributed by atoms with van der Waals surface area (Å²) in [5, 5.41) is 4.56. The van der Waals surface area contributed by atoms with Crippen LogP contribution in [0.15, 0.2) is 36.4 Å². The predicted molar refractivity (Wildman–Crippen MR) is 120 cm³/mol. The number of rotatable bonds is 7. The van der Waals surface area contributed by atoms with E-state index in [4.69, 9.17) is 46.4 Å². The van der Waals surface area contributed by atoms with Crippen molar-refractivity contribution in [3.05, 3.63) is 67.6 Å². The number of nitrogens with one attached hydrogen (secondary N) is 1. The van der Waals surface area contributed by atoms with Crippen LogP contribution in [0.25, 0.3) is 0 Å². The quantitative estimate of drug-likeness (QED) is 0.551. The summed E-state index contributed by atoms with van der Waals surface area (Å²) in [6.45, 7) is 5.48. The molecule has 2 rings (SSSR count). The predicted octanol–water partition coefficient (Wildman–Crippen LogP) is 5.78. The highest BCUT2D eigenvalue weighted by atomic mass is 35.5. The van der Waals surface area contributed by atoms with Crippen LogP contribution in [0.2, 0.25) is 20.1 Å². The van der Waals surface area contributed by atoms with E-state index in [0.29, 0.717) is 31.2 Å². The summed E-state index contributed by atoms with van der Waals surface area (Å²) in [5.41, 5.74) is 1.20. The maximum Gasteiger partial charge on any atom is 0.242 e. The van der Waals surface area contributed by atoms with Crippen LogP contribution < -0.4 is 5.32 Å². The largest absolute Gasteiger partial charge is 0.352 e. The van der Waals surface area contributed by atoms with Crippen LogP contribution in [0.3, 0.4) is 0 Å². The smallest absolute Gasteiger partial charge is 0.242 e. The first-order valence-corrected chi connectivity index (χ1v) is 10.6. The topological polar surface area (TPSA) is 49.4 Å². The normalized spacial score (nSPS) is 12.0. The van der Waals surface area contributed by atoms with E-state index in [2.05, 4.69) is 5.32 Å². The molecule has 0 aromatic heterocycles. The Bertz CT molecular complexity index is 882. The molecule has 0 fully saturated rings. The van der Waals surface area contributed by atoms with Crippen LogP contribution in [0, 0.1) is 0 Å². The van der Waals surface area contributed by atoms with Crippen molar-refractivity contribution in [3.8, 4) is 0 Å². The Labute approximate surface area is 191 Å². The Balaban J connectivity index is 2.34. The van der Waals surface area contributed by atoms with E-state index in [1.807, 2.05) is 13.8 Å². The van der Waals surface area contributed by atoms with Crippen LogP contribution in [-0.2, 0) is 22.6 Å². The molecule has 29 heavy (non-hydrogen) atoms. The molecule has 0 aliphatic carbocycles. The molecule has 1 N–H and O–H groups in total. The average Bonchev–Trinajstić information content (AvgIpc) is 2.62. The number of carbonyl (C=O) groups excluding carboxylic acids is 2. The minimum absolute atomic E-state index is 0.0113. The molecular formula is C21H22Cl4N2O2. The molecule has 0 aliphatic heterocycles. The summed E-state index contributed by atoms with van der Waals surface area (Å²) in [4.78, 5) is 27.2. The van der Waals surface area contributed by atoms with E-state index in [1.165, 1.54) is 4.90 Å². The van der Waals surface area contributed by atoms with Gasteiger partial charge in [0.2, 0.25) is 11.8 Å². The fourth-order valence-corrected chi connectivity index (χ4v) is 3.76. The molecule has 2 aromatic carbocycles. The lowest BCUT2D eigenvalue weighted by Gasteiger charge is -2.30. The van der Waals surface area contributed by atoms with Crippen molar-refractivity contribution < 1.29 is 9.59 Å². The molecule has 2 aromatic rings. The van der Waals surface area contributed by atoms with Gasteiger partial charge < -0.3 is 10.2 Å². The second-order valence-corrected chi connectivity index (χ2v) is 8.63. The van der Waals surface area contributed by atoms with E-state index in [9.17, 15) is 9.59 Å². The van der Waals surface area contributed by atoms with Crippen LogP contribution in [0.1, 0.15) is 31.9 Å². The number of carbonyl (C=O) groups is 2. The first-order valence-electron chi connectivity index (χ1n) is 9.06. The van der Waals surface area contributed by atoms with E-state index in [1.54, 1.807) is 43.3 Å². The lowest BCUT2D eigenvalue weighted by molar-refractivity contribution is -0.140. The van der Waals surface area contributed by atoms with E-state index in [-0.39, 0.29) is 30.8 Å². The first-order chi connectivity index (χ1) is 13.6. The summed E-state index contributed by atoms with van der Waals surface area (Å²) in [7, 11) is 0. The highest BCUT2D eigenvalue weighted by Crippen LogP contribution is 2.28. The van der Waals surface area contributed by atoms with Gasteiger partial charge in [0, 0.05) is 38.2 Å². The van der Waals surface area contributed by atoms with Crippen LogP contribution in [0.5, 0.6) is 0 Å². The Morgan fingerprint density at radius 3 is 2.14 bits per heavy atom. The van der Waals surface area contributed by atoms with Gasteiger partial charge in [0.1, 0.15) is 6.04 Å². The molecule has 0 radical (unpaired) electrons. The lowest BCUT2D eigenvalue weighted by Crippen LogP contribution is -2.49. The molecule has 0 unspecified atom stereocenters. The van der Waals surface area contributed by atoms with E-state index >= 15 is 0 Å². The van der Waals surface area contributed by atoms with Gasteiger partial charge in [0.15, 0.2) is 0 Å². The Morgan fingerprint density at radius 1 is 0.966 bits per heavy atom. The van der Waals surface area contributed by atoms with Crippen LogP contribution >= 0.6 is 46.4 Å². The molecule has 0 saturated carbocycles. The van der Waals surface area contributed by atoms with Gasteiger partial charge >= 0.3 is 0 Å². The minimum Gasteiger partial charge on any atom is -0.352 e. The maximum absolute atomic E-state index is 13.2. The number of hydrogen-bond acceptors (Lipinski definition) is 2. The summed E-state index contributed by atoms with van der Waals surface area (Å²) in [5.74, 6) is -0.546. The summed E-state index contributed by atoms with van der Waals surface area (Å²) in [6, 6.07) is 9.27. The standard InChI is InChI=1S/C21H22Cl4N2O2/c1-12(2)26-21(29)13(3)27(11-16-17(23)5-4-6-18(16)24)20(28)9-14-7-8-15(22)10-19(14)25/h4-8,10,12-13H,9,11H2,1-3H3,(H,26,29)/t13-/m1/s1. The fraction of sp³-hybridized carbons (Fsp3) is 0.333. The zero-order chi connectivity index (χ0) is 21.7. The van der Waals surface area contributed by atoms with Gasteiger partial charge in [0.25, 0.3) is 0 Å². The summed E-state index contributed by atoms with van der Waals surface area (Å²) in [6.07, 6.45) is 0.0113. The zero-order valence-electron chi connectivity index (χ0n) is 16.3. The van der Waals surface area contributed by atoms with Crippen molar-refractivity contribution in [2.45, 2.75) is 45.8 Å². The number of halogens is 4. The second-order valence-electron chi connectivity index (χ2n) is 6.97. The molecular weight excluding hydrogens is 454 g/mol.